The molecule has 0 aliphatic carbocycles. The molecule has 98 valence electrons. The van der Waals surface area contributed by atoms with E-state index in [1.807, 2.05) is 20.8 Å². The van der Waals surface area contributed by atoms with Crippen molar-refractivity contribution in [2.75, 3.05) is 19.0 Å². The van der Waals surface area contributed by atoms with E-state index in [-0.39, 0.29) is 30.8 Å². The summed E-state index contributed by atoms with van der Waals surface area (Å²) in [4.78, 5) is 0. The lowest BCUT2D eigenvalue weighted by molar-refractivity contribution is 0.0166. The highest BCUT2D eigenvalue weighted by atomic mass is 32.2. The van der Waals surface area contributed by atoms with Crippen LogP contribution >= 0.6 is 0 Å². The Morgan fingerprint density at radius 3 is 2.31 bits per heavy atom. The number of hydrogen-bond acceptors (Lipinski definition) is 4. The number of aliphatic hydroxyl groups is 1. The van der Waals surface area contributed by atoms with E-state index >= 15 is 0 Å². The zero-order valence-corrected chi connectivity index (χ0v) is 11.0. The summed E-state index contributed by atoms with van der Waals surface area (Å²) in [5, 5.41) is 9.55. The fraction of sp³-hybridized carbons (Fsp3) is 1.00. The summed E-state index contributed by atoms with van der Waals surface area (Å²) >= 11 is 0. The molecule has 0 bridgehead atoms. The van der Waals surface area contributed by atoms with Gasteiger partial charge in [0.25, 0.3) is 10.1 Å². The SMILES string of the molecule is CC(C)(C)CC(O)COCCCS(=O)(=O)O. The highest BCUT2D eigenvalue weighted by molar-refractivity contribution is 7.85. The summed E-state index contributed by atoms with van der Waals surface area (Å²) in [7, 11) is -3.90. The Bertz CT molecular complexity index is 278. The van der Waals surface area contributed by atoms with Gasteiger partial charge in [-0.2, -0.15) is 8.42 Å². The summed E-state index contributed by atoms with van der Waals surface area (Å²) < 4.78 is 34.3. The van der Waals surface area contributed by atoms with E-state index in [1.165, 1.54) is 0 Å². The van der Waals surface area contributed by atoms with E-state index in [1.54, 1.807) is 0 Å². The summed E-state index contributed by atoms with van der Waals surface area (Å²) in [6.07, 6.45) is 0.331. The lowest BCUT2D eigenvalue weighted by atomic mass is 9.89. The Labute approximate surface area is 97.6 Å². The largest absolute Gasteiger partial charge is 0.391 e. The molecule has 0 saturated heterocycles. The first-order valence-corrected chi connectivity index (χ1v) is 6.92. The Balaban J connectivity index is 3.53. The highest BCUT2D eigenvalue weighted by Gasteiger charge is 2.16. The van der Waals surface area contributed by atoms with Gasteiger partial charge in [0.05, 0.1) is 18.5 Å². The first kappa shape index (κ1) is 15.8. The van der Waals surface area contributed by atoms with Crippen molar-refractivity contribution < 1.29 is 22.8 Å². The van der Waals surface area contributed by atoms with Gasteiger partial charge in [0.15, 0.2) is 0 Å². The predicted molar refractivity (Wildman–Crippen MR) is 61.9 cm³/mol. The number of rotatable bonds is 7. The number of aliphatic hydroxyl groups excluding tert-OH is 1. The summed E-state index contributed by atoms with van der Waals surface area (Å²) in [5.41, 5.74) is 0.0389. The maximum Gasteiger partial charge on any atom is 0.264 e. The van der Waals surface area contributed by atoms with Crippen LogP contribution in [0.25, 0.3) is 0 Å². The van der Waals surface area contributed by atoms with Crippen molar-refractivity contribution in [3.05, 3.63) is 0 Å². The molecule has 0 aromatic heterocycles. The molecule has 0 aromatic rings. The standard InChI is InChI=1S/C10H22O5S/c1-10(2,3)7-9(11)8-15-5-4-6-16(12,13)14/h9,11H,4-8H2,1-3H3,(H,12,13,14). The van der Waals surface area contributed by atoms with E-state index in [2.05, 4.69) is 0 Å². The van der Waals surface area contributed by atoms with Crippen molar-refractivity contribution in [3.63, 3.8) is 0 Å². The van der Waals surface area contributed by atoms with E-state index in [4.69, 9.17) is 9.29 Å². The first-order valence-electron chi connectivity index (χ1n) is 5.31. The zero-order chi connectivity index (χ0) is 12.8. The minimum Gasteiger partial charge on any atom is -0.391 e. The van der Waals surface area contributed by atoms with E-state index in [0.717, 1.165) is 0 Å². The van der Waals surface area contributed by atoms with Gasteiger partial charge in [-0.15, -0.1) is 0 Å². The molecule has 5 nitrogen and oxygen atoms in total. The van der Waals surface area contributed by atoms with E-state index in [0.29, 0.717) is 6.42 Å². The molecule has 0 aromatic carbocycles. The van der Waals surface area contributed by atoms with Crippen LogP contribution in [-0.2, 0) is 14.9 Å². The molecule has 0 spiro atoms. The molecule has 0 radical (unpaired) electrons. The monoisotopic (exact) mass is 254 g/mol. The number of ether oxygens (including phenoxy) is 1. The maximum atomic E-state index is 10.4. The van der Waals surface area contributed by atoms with Gasteiger partial charge in [-0.3, -0.25) is 4.55 Å². The molecule has 0 amide bonds. The Morgan fingerprint density at radius 2 is 1.88 bits per heavy atom. The topological polar surface area (TPSA) is 83.8 Å². The Morgan fingerprint density at radius 1 is 1.31 bits per heavy atom. The second-order valence-electron chi connectivity index (χ2n) is 5.13. The second kappa shape index (κ2) is 6.54. The second-order valence-corrected chi connectivity index (χ2v) is 6.71. The average Bonchev–Trinajstić information content (AvgIpc) is 1.97. The minimum atomic E-state index is -3.90. The molecule has 0 saturated carbocycles. The summed E-state index contributed by atoms with van der Waals surface area (Å²) in [6, 6.07) is 0. The molecule has 6 heteroatoms. The third-order valence-electron chi connectivity index (χ3n) is 1.85. The van der Waals surface area contributed by atoms with Crippen LogP contribution in [0, 0.1) is 5.41 Å². The molecule has 0 heterocycles. The molecule has 1 atom stereocenters. The maximum absolute atomic E-state index is 10.4. The van der Waals surface area contributed by atoms with Gasteiger partial charge < -0.3 is 9.84 Å². The lowest BCUT2D eigenvalue weighted by Gasteiger charge is -2.22. The van der Waals surface area contributed by atoms with Gasteiger partial charge in [0.1, 0.15) is 0 Å². The van der Waals surface area contributed by atoms with Crippen LogP contribution in [0.1, 0.15) is 33.6 Å². The highest BCUT2D eigenvalue weighted by Crippen LogP contribution is 2.20. The van der Waals surface area contributed by atoms with Gasteiger partial charge in [0.2, 0.25) is 0 Å². The van der Waals surface area contributed by atoms with Crippen molar-refractivity contribution >= 4 is 10.1 Å². The van der Waals surface area contributed by atoms with Crippen molar-refractivity contribution in [1.29, 1.82) is 0 Å². The summed E-state index contributed by atoms with van der Waals surface area (Å²) in [6.45, 7) is 6.49. The molecule has 0 aliphatic rings. The lowest BCUT2D eigenvalue weighted by Crippen LogP contribution is -2.23. The van der Waals surface area contributed by atoms with Crippen LogP contribution in [0.3, 0.4) is 0 Å². The first-order chi connectivity index (χ1) is 7.10. The van der Waals surface area contributed by atoms with E-state index < -0.39 is 16.2 Å². The molecule has 1 unspecified atom stereocenters. The third kappa shape index (κ3) is 11.9. The van der Waals surface area contributed by atoms with Crippen LogP contribution < -0.4 is 0 Å². The Kier molecular flexibility index (Phi) is 6.47. The quantitative estimate of drug-likeness (QED) is 0.524. The van der Waals surface area contributed by atoms with Crippen molar-refractivity contribution in [2.45, 2.75) is 39.7 Å². The molecule has 0 aliphatic heterocycles. The molecule has 0 rings (SSSR count). The minimum absolute atomic E-state index is 0.0389. The van der Waals surface area contributed by atoms with Crippen molar-refractivity contribution in [3.8, 4) is 0 Å². The van der Waals surface area contributed by atoms with Gasteiger partial charge in [-0.05, 0) is 18.3 Å². The molecular formula is C10H22O5S. The van der Waals surface area contributed by atoms with Crippen LogP contribution in [0.4, 0.5) is 0 Å². The predicted octanol–water partition coefficient (Wildman–Crippen LogP) is 1.08. The van der Waals surface area contributed by atoms with Gasteiger partial charge in [-0.1, -0.05) is 20.8 Å². The summed E-state index contributed by atoms with van der Waals surface area (Å²) in [5.74, 6) is -0.303. The normalized spacial score (nSPS) is 15.1. The molecule has 2 N–H and O–H groups in total. The smallest absolute Gasteiger partial charge is 0.264 e. The third-order valence-corrected chi connectivity index (χ3v) is 2.65. The van der Waals surface area contributed by atoms with Crippen molar-refractivity contribution in [2.24, 2.45) is 5.41 Å². The molecule has 0 fully saturated rings. The zero-order valence-electron chi connectivity index (χ0n) is 10.1. The fourth-order valence-electron chi connectivity index (χ4n) is 1.33. The molecule has 16 heavy (non-hydrogen) atoms. The van der Waals surface area contributed by atoms with Crippen LogP contribution in [0.15, 0.2) is 0 Å². The van der Waals surface area contributed by atoms with Gasteiger partial charge >= 0.3 is 0 Å². The Hall–Kier alpha value is -0.170. The van der Waals surface area contributed by atoms with Crippen LogP contribution in [-0.4, -0.2) is 43.1 Å². The van der Waals surface area contributed by atoms with Crippen LogP contribution in [0.2, 0.25) is 0 Å². The van der Waals surface area contributed by atoms with Gasteiger partial charge in [-0.25, -0.2) is 0 Å². The molecular weight excluding hydrogens is 232 g/mol. The number of hydrogen-bond donors (Lipinski definition) is 2. The fourth-order valence-corrected chi connectivity index (χ4v) is 1.81. The van der Waals surface area contributed by atoms with Gasteiger partial charge in [0, 0.05) is 6.61 Å². The van der Waals surface area contributed by atoms with Crippen molar-refractivity contribution in [1.82, 2.24) is 0 Å². The van der Waals surface area contributed by atoms with Crippen LogP contribution in [0.5, 0.6) is 0 Å². The average molecular weight is 254 g/mol. The van der Waals surface area contributed by atoms with E-state index in [9.17, 15) is 13.5 Å².